The van der Waals surface area contributed by atoms with Crippen LogP contribution in [0.4, 0.5) is 26.3 Å². The zero-order valence-corrected chi connectivity index (χ0v) is 13.7. The summed E-state index contributed by atoms with van der Waals surface area (Å²) in [7, 11) is 0. The average Bonchev–Trinajstić information content (AvgIpc) is 2.56. The van der Waals surface area contributed by atoms with Gasteiger partial charge in [0.25, 0.3) is 0 Å². The Morgan fingerprint density at radius 1 is 0.808 bits per heavy atom. The van der Waals surface area contributed by atoms with E-state index in [9.17, 15) is 26.3 Å². The van der Waals surface area contributed by atoms with Gasteiger partial charge in [0.05, 0.1) is 11.1 Å². The molecule has 1 nitrogen and oxygen atoms in total. The predicted molar refractivity (Wildman–Crippen MR) is 89.2 cm³/mol. The van der Waals surface area contributed by atoms with Crippen molar-refractivity contribution in [2.75, 3.05) is 6.54 Å². The molecule has 0 unspecified atom stereocenters. The Hall–Kier alpha value is -2.28. The summed E-state index contributed by atoms with van der Waals surface area (Å²) in [4.78, 5) is 0. The van der Waals surface area contributed by atoms with Gasteiger partial charge in [0.15, 0.2) is 0 Å². The summed E-state index contributed by atoms with van der Waals surface area (Å²) in [5.41, 5.74) is 3.35. The molecule has 0 aliphatic rings. The molecule has 2 aromatic carbocycles. The van der Waals surface area contributed by atoms with Crippen LogP contribution in [0.25, 0.3) is 12.2 Å². The second-order valence-corrected chi connectivity index (χ2v) is 5.73. The third kappa shape index (κ3) is 5.11. The largest absolute Gasteiger partial charge is 0.417 e. The summed E-state index contributed by atoms with van der Waals surface area (Å²) in [6, 6.07) is 8.92. The molecular weight excluding hydrogens is 356 g/mol. The summed E-state index contributed by atoms with van der Waals surface area (Å²) < 4.78 is 78.8. The smallest absolute Gasteiger partial charge is 0.330 e. The fraction of sp³-hybridized carbons (Fsp3) is 0.263. The minimum Gasteiger partial charge on any atom is -0.330 e. The number of aryl methyl sites for hydroxylation is 1. The monoisotopic (exact) mass is 373 g/mol. The maximum atomic E-state index is 13.1. The molecule has 0 aliphatic carbocycles. The molecule has 0 heterocycles. The van der Waals surface area contributed by atoms with E-state index in [2.05, 4.69) is 0 Å². The fourth-order valence-electron chi connectivity index (χ4n) is 2.58. The van der Waals surface area contributed by atoms with Crippen LogP contribution in [0, 0.1) is 0 Å². The van der Waals surface area contributed by atoms with E-state index >= 15 is 0 Å². The maximum Gasteiger partial charge on any atom is 0.417 e. The molecule has 0 spiro atoms. The molecule has 0 amide bonds. The van der Waals surface area contributed by atoms with Crippen molar-refractivity contribution >= 4 is 12.2 Å². The topological polar surface area (TPSA) is 26.0 Å². The number of hydrogen-bond donors (Lipinski definition) is 1. The molecule has 2 rings (SSSR count). The fourth-order valence-corrected chi connectivity index (χ4v) is 2.58. The lowest BCUT2D eigenvalue weighted by Gasteiger charge is -2.16. The average molecular weight is 373 g/mol. The van der Waals surface area contributed by atoms with Crippen LogP contribution in [0.15, 0.2) is 42.5 Å². The van der Waals surface area contributed by atoms with Crippen molar-refractivity contribution in [2.24, 2.45) is 5.73 Å². The Balaban J connectivity index is 2.46. The van der Waals surface area contributed by atoms with Crippen molar-refractivity contribution in [3.8, 4) is 0 Å². The van der Waals surface area contributed by atoms with Gasteiger partial charge in [-0.1, -0.05) is 42.5 Å². The summed E-state index contributed by atoms with van der Waals surface area (Å²) in [6.07, 6.45) is -6.22. The molecular formula is C19H17F6N. The van der Waals surface area contributed by atoms with Gasteiger partial charge in [0.1, 0.15) is 0 Å². The molecule has 0 aromatic heterocycles. The third-order valence-corrected chi connectivity index (χ3v) is 3.78. The normalized spacial score (nSPS) is 12.7. The molecule has 2 N–H and O–H groups in total. The minimum absolute atomic E-state index is 0.494. The van der Waals surface area contributed by atoms with Gasteiger partial charge in [-0.2, -0.15) is 26.3 Å². The highest BCUT2D eigenvalue weighted by molar-refractivity contribution is 5.73. The van der Waals surface area contributed by atoms with Gasteiger partial charge in [-0.15, -0.1) is 0 Å². The van der Waals surface area contributed by atoms with Gasteiger partial charge in [-0.05, 0) is 48.2 Å². The molecule has 0 atom stereocenters. The van der Waals surface area contributed by atoms with Gasteiger partial charge in [0, 0.05) is 0 Å². The summed E-state index contributed by atoms with van der Waals surface area (Å²) in [6.45, 7) is 0.494. The van der Waals surface area contributed by atoms with E-state index in [4.69, 9.17) is 5.73 Å². The molecule has 140 valence electrons. The molecule has 26 heavy (non-hydrogen) atoms. The lowest BCUT2D eigenvalue weighted by atomic mass is 9.98. The standard InChI is InChI=1S/C19H17F6N/c20-18(21,22)16-7-2-8-17(19(23,24)25)15(16)10-9-14-5-1-4-13(12-14)6-3-11-26/h1-2,4-5,7-10,12H,3,6,11,26H2. The lowest BCUT2D eigenvalue weighted by Crippen LogP contribution is -2.14. The van der Waals surface area contributed by atoms with Crippen LogP contribution in [0.5, 0.6) is 0 Å². The molecule has 0 aliphatic heterocycles. The first kappa shape index (κ1) is 20.0. The van der Waals surface area contributed by atoms with Gasteiger partial charge >= 0.3 is 12.4 Å². The van der Waals surface area contributed by atoms with E-state index in [0.29, 0.717) is 30.7 Å². The van der Waals surface area contributed by atoms with Crippen LogP contribution < -0.4 is 5.73 Å². The Kier molecular flexibility index (Phi) is 6.13. The zero-order chi connectivity index (χ0) is 19.4. The van der Waals surface area contributed by atoms with Crippen molar-refractivity contribution in [2.45, 2.75) is 25.2 Å². The number of benzene rings is 2. The molecule has 7 heteroatoms. The number of halogens is 6. The minimum atomic E-state index is -4.89. The maximum absolute atomic E-state index is 13.1. The van der Waals surface area contributed by atoms with Crippen molar-refractivity contribution in [1.82, 2.24) is 0 Å². The first-order chi connectivity index (χ1) is 12.1. The van der Waals surface area contributed by atoms with Gasteiger partial charge < -0.3 is 5.73 Å². The summed E-state index contributed by atoms with van der Waals surface area (Å²) >= 11 is 0. The van der Waals surface area contributed by atoms with E-state index in [-0.39, 0.29) is 0 Å². The van der Waals surface area contributed by atoms with E-state index < -0.39 is 29.0 Å². The molecule has 0 saturated carbocycles. The van der Waals surface area contributed by atoms with Crippen LogP contribution in [-0.2, 0) is 18.8 Å². The number of hydrogen-bond acceptors (Lipinski definition) is 1. The zero-order valence-electron chi connectivity index (χ0n) is 13.7. The SMILES string of the molecule is NCCCc1cccc(C=Cc2c(C(F)(F)F)cccc2C(F)(F)F)c1. The molecule has 0 fully saturated rings. The molecule has 2 aromatic rings. The highest BCUT2D eigenvalue weighted by atomic mass is 19.4. The van der Waals surface area contributed by atoms with Crippen molar-refractivity contribution in [3.05, 3.63) is 70.3 Å². The predicted octanol–water partition coefficient (Wildman–Crippen LogP) is 5.79. The van der Waals surface area contributed by atoms with Crippen molar-refractivity contribution in [3.63, 3.8) is 0 Å². The first-order valence-corrected chi connectivity index (χ1v) is 7.87. The second-order valence-electron chi connectivity index (χ2n) is 5.73. The Morgan fingerprint density at radius 3 is 1.92 bits per heavy atom. The van der Waals surface area contributed by atoms with Crippen LogP contribution >= 0.6 is 0 Å². The van der Waals surface area contributed by atoms with E-state index in [0.717, 1.165) is 24.1 Å². The van der Waals surface area contributed by atoms with E-state index in [1.807, 2.05) is 6.07 Å². The van der Waals surface area contributed by atoms with E-state index in [1.165, 1.54) is 6.08 Å². The van der Waals surface area contributed by atoms with Crippen molar-refractivity contribution < 1.29 is 26.3 Å². The number of rotatable bonds is 5. The highest BCUT2D eigenvalue weighted by Gasteiger charge is 2.39. The van der Waals surface area contributed by atoms with Gasteiger partial charge in [0.2, 0.25) is 0 Å². The summed E-state index contributed by atoms with van der Waals surface area (Å²) in [5, 5.41) is 0. The Morgan fingerprint density at radius 2 is 1.38 bits per heavy atom. The number of alkyl halides is 6. The quantitative estimate of drug-likeness (QED) is 0.521. The summed E-state index contributed by atoms with van der Waals surface area (Å²) in [5.74, 6) is 0. The second kappa shape index (κ2) is 7.95. The lowest BCUT2D eigenvalue weighted by molar-refractivity contribution is -0.143. The Labute approximate surface area is 147 Å². The van der Waals surface area contributed by atoms with Crippen LogP contribution in [0.2, 0.25) is 0 Å². The van der Waals surface area contributed by atoms with Gasteiger partial charge in [-0.3, -0.25) is 0 Å². The molecule has 0 radical (unpaired) electrons. The molecule has 0 saturated heterocycles. The third-order valence-electron chi connectivity index (χ3n) is 3.78. The Bertz CT molecular complexity index is 742. The number of nitrogens with two attached hydrogens (primary N) is 1. The first-order valence-electron chi connectivity index (χ1n) is 7.87. The van der Waals surface area contributed by atoms with Crippen molar-refractivity contribution in [1.29, 1.82) is 0 Å². The van der Waals surface area contributed by atoms with Crippen LogP contribution in [-0.4, -0.2) is 6.54 Å². The molecule has 0 bridgehead atoms. The highest BCUT2D eigenvalue weighted by Crippen LogP contribution is 2.40. The van der Waals surface area contributed by atoms with Crippen LogP contribution in [0.3, 0.4) is 0 Å². The van der Waals surface area contributed by atoms with Crippen LogP contribution in [0.1, 0.15) is 34.2 Å². The van der Waals surface area contributed by atoms with Gasteiger partial charge in [-0.25, -0.2) is 0 Å². The van der Waals surface area contributed by atoms with E-state index in [1.54, 1.807) is 18.2 Å².